The third kappa shape index (κ3) is 5.32. The second kappa shape index (κ2) is 8.26. The highest BCUT2D eigenvalue weighted by atomic mass is 32.2. The van der Waals surface area contributed by atoms with Crippen molar-refractivity contribution in [1.29, 1.82) is 0 Å². The first-order chi connectivity index (χ1) is 11.4. The summed E-state index contributed by atoms with van der Waals surface area (Å²) in [5, 5.41) is 8.60. The maximum atomic E-state index is 12.5. The normalized spacial score (nSPS) is 18.0. The zero-order chi connectivity index (χ0) is 17.6. The number of aryl methyl sites for hydroxylation is 1. The molecule has 0 fully saturated rings. The van der Waals surface area contributed by atoms with Gasteiger partial charge in [0.05, 0.1) is 4.90 Å². The molecule has 6 heteroatoms. The fourth-order valence-electron chi connectivity index (χ4n) is 2.64. The number of hydrogen-bond acceptors (Lipinski definition) is 3. The molecule has 0 saturated carbocycles. The Balaban J connectivity index is 1.95. The maximum Gasteiger partial charge on any atom is 0.303 e. The van der Waals surface area contributed by atoms with Gasteiger partial charge in [-0.05, 0) is 44.7 Å². The number of carboxylic acids is 1. The molecule has 0 aromatic heterocycles. The Hall–Kier alpha value is -1.92. The van der Waals surface area contributed by atoms with Crippen molar-refractivity contribution >= 4 is 16.0 Å². The van der Waals surface area contributed by atoms with Crippen LogP contribution in [0, 0.1) is 6.92 Å². The van der Waals surface area contributed by atoms with Crippen molar-refractivity contribution in [3.63, 3.8) is 0 Å². The smallest absolute Gasteiger partial charge is 0.303 e. The predicted octanol–water partition coefficient (Wildman–Crippen LogP) is 3.17. The van der Waals surface area contributed by atoms with Crippen molar-refractivity contribution in [3.05, 3.63) is 53.6 Å². The summed E-state index contributed by atoms with van der Waals surface area (Å²) in [6.07, 6.45) is 8.64. The maximum absolute atomic E-state index is 12.5. The summed E-state index contributed by atoms with van der Waals surface area (Å²) >= 11 is 0. The Morgan fingerprint density at radius 2 is 2.00 bits per heavy atom. The van der Waals surface area contributed by atoms with E-state index >= 15 is 0 Å². The summed E-state index contributed by atoms with van der Waals surface area (Å²) in [5.41, 5.74) is 2.05. The number of aliphatic carboxylic acids is 1. The van der Waals surface area contributed by atoms with Gasteiger partial charge < -0.3 is 5.11 Å². The average molecular weight is 349 g/mol. The molecule has 5 nitrogen and oxygen atoms in total. The van der Waals surface area contributed by atoms with Crippen LogP contribution >= 0.6 is 0 Å². The first-order valence-corrected chi connectivity index (χ1v) is 9.51. The molecule has 1 aromatic carbocycles. The molecule has 2 N–H and O–H groups in total. The van der Waals surface area contributed by atoms with Gasteiger partial charge in [-0.25, -0.2) is 13.1 Å². The van der Waals surface area contributed by atoms with E-state index in [2.05, 4.69) is 10.8 Å². The summed E-state index contributed by atoms with van der Waals surface area (Å²) in [7, 11) is -3.53. The molecule has 130 valence electrons. The lowest BCUT2D eigenvalue weighted by molar-refractivity contribution is -0.136. The van der Waals surface area contributed by atoms with Crippen molar-refractivity contribution in [2.45, 2.75) is 50.0 Å². The van der Waals surface area contributed by atoms with Gasteiger partial charge in [-0.3, -0.25) is 4.79 Å². The summed E-state index contributed by atoms with van der Waals surface area (Å²) in [4.78, 5) is 10.7. The summed E-state index contributed by atoms with van der Waals surface area (Å²) in [6, 6.07) is 6.60. The molecular weight excluding hydrogens is 326 g/mol. The van der Waals surface area contributed by atoms with Crippen molar-refractivity contribution in [2.24, 2.45) is 0 Å². The first-order valence-electron chi connectivity index (χ1n) is 8.03. The molecule has 0 unspecified atom stereocenters. The molecule has 0 spiro atoms. The van der Waals surface area contributed by atoms with Gasteiger partial charge in [0.1, 0.15) is 0 Å². The van der Waals surface area contributed by atoms with Crippen LogP contribution in [0.15, 0.2) is 53.0 Å². The Labute approximate surface area is 143 Å². The molecule has 0 radical (unpaired) electrons. The van der Waals surface area contributed by atoms with Crippen LogP contribution in [0.3, 0.4) is 0 Å². The van der Waals surface area contributed by atoms with E-state index in [1.165, 1.54) is 0 Å². The lowest BCUT2D eigenvalue weighted by Crippen LogP contribution is -2.34. The van der Waals surface area contributed by atoms with Crippen LogP contribution in [-0.4, -0.2) is 25.5 Å². The number of rotatable bonds is 8. The fraction of sp³-hybridized carbons (Fsp3) is 0.389. The van der Waals surface area contributed by atoms with E-state index < -0.39 is 16.0 Å². The molecule has 24 heavy (non-hydrogen) atoms. The Bertz CT molecular complexity index is 733. The monoisotopic (exact) mass is 349 g/mol. The van der Waals surface area contributed by atoms with Crippen LogP contribution in [-0.2, 0) is 14.8 Å². The third-order valence-corrected chi connectivity index (χ3v) is 5.47. The van der Waals surface area contributed by atoms with Crippen molar-refractivity contribution in [2.75, 3.05) is 0 Å². The summed E-state index contributed by atoms with van der Waals surface area (Å²) in [6.45, 7) is 1.92. The average Bonchev–Trinajstić information content (AvgIpc) is 2.93. The molecule has 0 saturated heterocycles. The van der Waals surface area contributed by atoms with Gasteiger partial charge in [0.15, 0.2) is 0 Å². The predicted molar refractivity (Wildman–Crippen MR) is 93.2 cm³/mol. The molecule has 1 aromatic rings. The van der Waals surface area contributed by atoms with E-state index in [1.807, 2.05) is 19.1 Å². The van der Waals surface area contributed by atoms with E-state index in [4.69, 9.17) is 5.11 Å². The van der Waals surface area contributed by atoms with E-state index in [1.54, 1.807) is 24.3 Å². The lowest BCUT2D eigenvalue weighted by Gasteiger charge is -2.16. The van der Waals surface area contributed by atoms with Crippen LogP contribution in [0.1, 0.15) is 37.7 Å². The van der Waals surface area contributed by atoms with Gasteiger partial charge in [-0.1, -0.05) is 41.5 Å². The number of allylic oxidation sites excluding steroid dienone is 3. The minimum atomic E-state index is -3.53. The van der Waals surface area contributed by atoms with Crippen LogP contribution < -0.4 is 4.72 Å². The van der Waals surface area contributed by atoms with Crippen LogP contribution in [0.4, 0.5) is 0 Å². The van der Waals surface area contributed by atoms with Crippen molar-refractivity contribution in [3.8, 4) is 0 Å². The highest BCUT2D eigenvalue weighted by molar-refractivity contribution is 7.89. The number of nitrogens with one attached hydrogen (secondary N) is 1. The van der Waals surface area contributed by atoms with Gasteiger partial charge >= 0.3 is 5.97 Å². The minimum absolute atomic E-state index is 0.110. The standard InChI is InChI=1S/C18H23NO4S/c1-14-10-12-16(13-11-14)24(22,23)19-17-8-5-7-15(17)6-3-2-4-9-18(20)21/h2-3,7,10-13,17,19H,4-6,8-9H2,1H3,(H,20,21)/b3-2-/t17-/m0/s1. The van der Waals surface area contributed by atoms with Gasteiger partial charge in [0.25, 0.3) is 0 Å². The molecule has 0 heterocycles. The van der Waals surface area contributed by atoms with Crippen molar-refractivity contribution < 1.29 is 18.3 Å². The molecular formula is C18H23NO4S. The molecule has 2 rings (SSSR count). The van der Waals surface area contributed by atoms with Gasteiger partial charge in [-0.2, -0.15) is 0 Å². The zero-order valence-electron chi connectivity index (χ0n) is 13.7. The summed E-state index contributed by atoms with van der Waals surface area (Å²) < 4.78 is 27.7. The Morgan fingerprint density at radius 1 is 1.29 bits per heavy atom. The van der Waals surface area contributed by atoms with Gasteiger partial charge in [0.2, 0.25) is 10.0 Å². The topological polar surface area (TPSA) is 83.5 Å². The van der Waals surface area contributed by atoms with Crippen LogP contribution in [0.25, 0.3) is 0 Å². The second-order valence-corrected chi connectivity index (χ2v) is 7.67. The number of carbonyl (C=O) groups is 1. The van der Waals surface area contributed by atoms with Crippen LogP contribution in [0.2, 0.25) is 0 Å². The number of hydrogen-bond donors (Lipinski definition) is 2. The second-order valence-electron chi connectivity index (χ2n) is 5.95. The molecule has 0 bridgehead atoms. The zero-order valence-corrected chi connectivity index (χ0v) is 14.6. The Morgan fingerprint density at radius 3 is 2.67 bits per heavy atom. The van der Waals surface area contributed by atoms with E-state index in [9.17, 15) is 13.2 Å². The largest absolute Gasteiger partial charge is 0.481 e. The van der Waals surface area contributed by atoms with E-state index in [-0.39, 0.29) is 17.4 Å². The number of benzene rings is 1. The molecule has 0 aliphatic heterocycles. The Kier molecular flexibility index (Phi) is 6.34. The van der Waals surface area contributed by atoms with Crippen LogP contribution in [0.5, 0.6) is 0 Å². The molecule has 1 aliphatic rings. The fourth-order valence-corrected chi connectivity index (χ4v) is 3.91. The first kappa shape index (κ1) is 18.4. The summed E-state index contributed by atoms with van der Waals surface area (Å²) in [5.74, 6) is -0.816. The third-order valence-electron chi connectivity index (χ3n) is 3.98. The molecule has 1 aliphatic carbocycles. The van der Waals surface area contributed by atoms with Gasteiger partial charge in [-0.15, -0.1) is 0 Å². The number of sulfonamides is 1. The van der Waals surface area contributed by atoms with Crippen molar-refractivity contribution in [1.82, 2.24) is 4.72 Å². The molecule has 1 atom stereocenters. The number of carboxylic acid groups (broad SMARTS) is 1. The minimum Gasteiger partial charge on any atom is -0.481 e. The SMILES string of the molecule is Cc1ccc(S(=O)(=O)N[C@H]2CCC=C2C/C=C\CCC(=O)O)cc1. The quantitative estimate of drug-likeness (QED) is 0.706. The van der Waals surface area contributed by atoms with E-state index in [0.717, 1.165) is 24.0 Å². The van der Waals surface area contributed by atoms with Gasteiger partial charge in [0, 0.05) is 12.5 Å². The highest BCUT2D eigenvalue weighted by Gasteiger charge is 2.24. The highest BCUT2D eigenvalue weighted by Crippen LogP contribution is 2.24. The molecule has 0 amide bonds. The van der Waals surface area contributed by atoms with E-state index in [0.29, 0.717) is 12.8 Å². The lowest BCUT2D eigenvalue weighted by atomic mass is 10.1.